The zero-order valence-corrected chi connectivity index (χ0v) is 17.6. The van der Waals surface area contributed by atoms with Crippen LogP contribution in [0.2, 0.25) is 0 Å². The van der Waals surface area contributed by atoms with Gasteiger partial charge in [0.15, 0.2) is 15.7 Å². The lowest BCUT2D eigenvalue weighted by atomic mass is 10.0. The number of carbonyl (C=O) groups excluding carboxylic acids is 1. The van der Waals surface area contributed by atoms with Crippen molar-refractivity contribution < 1.29 is 13.2 Å². The van der Waals surface area contributed by atoms with Gasteiger partial charge in [0.2, 0.25) is 0 Å². The van der Waals surface area contributed by atoms with Crippen molar-refractivity contribution in [1.82, 2.24) is 20.1 Å². The molecular formula is C21H24N4O3S. The Morgan fingerprint density at radius 3 is 2.31 bits per heavy atom. The second-order valence-electron chi connectivity index (χ2n) is 7.23. The van der Waals surface area contributed by atoms with E-state index in [1.165, 1.54) is 6.26 Å². The van der Waals surface area contributed by atoms with Crippen molar-refractivity contribution in [1.29, 1.82) is 0 Å². The molecule has 1 amide bonds. The van der Waals surface area contributed by atoms with Crippen LogP contribution in [0.15, 0.2) is 59.8 Å². The molecule has 7 nitrogen and oxygen atoms in total. The topological polar surface area (TPSA) is 94.0 Å². The number of benzene rings is 1. The summed E-state index contributed by atoms with van der Waals surface area (Å²) < 4.78 is 24.9. The van der Waals surface area contributed by atoms with Gasteiger partial charge in [-0.1, -0.05) is 32.0 Å². The Kier molecular flexibility index (Phi) is 5.83. The van der Waals surface area contributed by atoms with Crippen LogP contribution in [-0.4, -0.2) is 35.3 Å². The van der Waals surface area contributed by atoms with E-state index in [4.69, 9.17) is 0 Å². The molecular weight excluding hydrogens is 388 g/mol. The Morgan fingerprint density at radius 2 is 1.76 bits per heavy atom. The van der Waals surface area contributed by atoms with E-state index >= 15 is 0 Å². The maximum Gasteiger partial charge on any atom is 0.255 e. The summed E-state index contributed by atoms with van der Waals surface area (Å²) in [6.45, 7) is 5.85. The number of rotatable bonds is 6. The van der Waals surface area contributed by atoms with Gasteiger partial charge in [-0.2, -0.15) is 5.10 Å². The molecule has 3 aromatic rings. The second kappa shape index (κ2) is 8.16. The van der Waals surface area contributed by atoms with E-state index in [-0.39, 0.29) is 22.8 Å². The van der Waals surface area contributed by atoms with Crippen LogP contribution >= 0.6 is 0 Å². The summed E-state index contributed by atoms with van der Waals surface area (Å²) in [7, 11) is -3.25. The monoisotopic (exact) mass is 412 g/mol. The summed E-state index contributed by atoms with van der Waals surface area (Å²) in [4.78, 5) is 17.5. The Hall–Kier alpha value is -3.00. The third-order valence-corrected chi connectivity index (χ3v) is 5.75. The van der Waals surface area contributed by atoms with Crippen LogP contribution in [-0.2, 0) is 9.84 Å². The molecule has 0 spiro atoms. The first-order valence-corrected chi connectivity index (χ1v) is 11.2. The highest BCUT2D eigenvalue weighted by Gasteiger charge is 2.22. The van der Waals surface area contributed by atoms with Crippen LogP contribution < -0.4 is 5.32 Å². The van der Waals surface area contributed by atoms with Crippen molar-refractivity contribution in [2.75, 3.05) is 6.26 Å². The van der Waals surface area contributed by atoms with Gasteiger partial charge in [0.25, 0.3) is 5.91 Å². The van der Waals surface area contributed by atoms with Gasteiger partial charge in [-0.3, -0.25) is 4.79 Å². The predicted molar refractivity (Wildman–Crippen MR) is 111 cm³/mol. The average molecular weight is 413 g/mol. The smallest absolute Gasteiger partial charge is 0.255 e. The molecule has 0 saturated carbocycles. The lowest BCUT2D eigenvalue weighted by Crippen LogP contribution is -2.27. The summed E-state index contributed by atoms with van der Waals surface area (Å²) >= 11 is 0. The Morgan fingerprint density at radius 1 is 1.07 bits per heavy atom. The van der Waals surface area contributed by atoms with Gasteiger partial charge in [-0.25, -0.2) is 18.1 Å². The molecule has 2 aromatic heterocycles. The van der Waals surface area contributed by atoms with Crippen LogP contribution in [0.4, 0.5) is 0 Å². The van der Waals surface area contributed by atoms with Gasteiger partial charge >= 0.3 is 0 Å². The first-order valence-electron chi connectivity index (χ1n) is 9.28. The van der Waals surface area contributed by atoms with Gasteiger partial charge in [0, 0.05) is 12.5 Å². The quantitative estimate of drug-likeness (QED) is 0.670. The molecule has 152 valence electrons. The number of carbonyl (C=O) groups is 1. The number of nitrogens with zero attached hydrogens (tertiary/aromatic N) is 3. The van der Waals surface area contributed by atoms with Gasteiger partial charge in [-0.15, -0.1) is 0 Å². The summed E-state index contributed by atoms with van der Waals surface area (Å²) in [5.41, 5.74) is 2.08. The van der Waals surface area contributed by atoms with Crippen molar-refractivity contribution in [2.45, 2.75) is 37.6 Å². The number of hydrogen-bond donors (Lipinski definition) is 1. The van der Waals surface area contributed by atoms with E-state index in [9.17, 15) is 13.2 Å². The number of nitrogens with one attached hydrogen (secondary N) is 1. The lowest BCUT2D eigenvalue weighted by Gasteiger charge is -2.16. The number of pyridine rings is 1. The highest BCUT2D eigenvalue weighted by molar-refractivity contribution is 7.90. The maximum absolute atomic E-state index is 12.9. The van der Waals surface area contributed by atoms with Gasteiger partial charge < -0.3 is 5.32 Å². The SMILES string of the molecule is CC(C)c1c(C(=O)N[C@@H](C)c2ccc(S(C)(=O)=O)cc2)cnn1-c1ccccn1. The number of amides is 1. The maximum atomic E-state index is 12.9. The standard InChI is InChI=1S/C21H24N4O3S/c1-14(2)20-18(13-23-25(20)19-7-5-6-12-22-19)21(26)24-15(3)16-8-10-17(11-9-16)29(4,27)28/h5-15H,1-4H3,(H,24,26)/t15-/m0/s1. The third-order valence-electron chi connectivity index (χ3n) is 4.62. The Balaban J connectivity index is 1.85. The fourth-order valence-corrected chi connectivity index (χ4v) is 3.74. The minimum atomic E-state index is -3.25. The second-order valence-corrected chi connectivity index (χ2v) is 9.25. The largest absolute Gasteiger partial charge is 0.345 e. The van der Waals surface area contributed by atoms with E-state index in [2.05, 4.69) is 15.4 Å². The molecule has 3 rings (SSSR count). The number of hydrogen-bond acceptors (Lipinski definition) is 5. The van der Waals surface area contributed by atoms with Crippen molar-refractivity contribution in [3.05, 3.63) is 71.7 Å². The van der Waals surface area contributed by atoms with Crippen molar-refractivity contribution in [2.24, 2.45) is 0 Å². The molecule has 0 aliphatic carbocycles. The van der Waals surface area contributed by atoms with Crippen LogP contribution in [0, 0.1) is 0 Å². The van der Waals surface area contributed by atoms with Gasteiger partial charge in [-0.05, 0) is 42.7 Å². The molecule has 0 aliphatic rings. The first kappa shape index (κ1) is 20.7. The average Bonchev–Trinajstić information content (AvgIpc) is 3.13. The molecule has 0 bridgehead atoms. The Labute approximate surface area is 170 Å². The molecule has 2 heterocycles. The van der Waals surface area contributed by atoms with Crippen LogP contribution in [0.5, 0.6) is 0 Å². The van der Waals surface area contributed by atoms with Crippen LogP contribution in [0.1, 0.15) is 54.3 Å². The summed E-state index contributed by atoms with van der Waals surface area (Å²) in [5.74, 6) is 0.472. The summed E-state index contributed by atoms with van der Waals surface area (Å²) in [6, 6.07) is 11.8. The van der Waals surface area contributed by atoms with Crippen LogP contribution in [0.25, 0.3) is 5.82 Å². The first-order chi connectivity index (χ1) is 13.7. The molecule has 29 heavy (non-hydrogen) atoms. The fourth-order valence-electron chi connectivity index (χ4n) is 3.11. The molecule has 1 atom stereocenters. The minimum absolute atomic E-state index is 0.0598. The molecule has 8 heteroatoms. The van der Waals surface area contributed by atoms with E-state index in [1.54, 1.807) is 41.3 Å². The Bertz CT molecular complexity index is 1100. The molecule has 0 saturated heterocycles. The molecule has 0 radical (unpaired) electrons. The van der Waals surface area contributed by atoms with E-state index in [0.717, 1.165) is 11.3 Å². The van der Waals surface area contributed by atoms with Crippen molar-refractivity contribution >= 4 is 15.7 Å². The highest BCUT2D eigenvalue weighted by Crippen LogP contribution is 2.23. The van der Waals surface area contributed by atoms with E-state index in [0.29, 0.717) is 11.4 Å². The summed E-state index contributed by atoms with van der Waals surface area (Å²) in [5, 5.41) is 7.34. The third kappa shape index (κ3) is 4.54. The predicted octanol–water partition coefficient (Wildman–Crippen LogP) is 3.29. The molecule has 1 aromatic carbocycles. The normalized spacial score (nSPS) is 12.7. The van der Waals surface area contributed by atoms with E-state index < -0.39 is 9.84 Å². The molecule has 0 fully saturated rings. The summed E-state index contributed by atoms with van der Waals surface area (Å²) in [6.07, 6.45) is 4.40. The van der Waals surface area contributed by atoms with Crippen molar-refractivity contribution in [3.63, 3.8) is 0 Å². The highest BCUT2D eigenvalue weighted by atomic mass is 32.2. The van der Waals surface area contributed by atoms with Crippen LogP contribution in [0.3, 0.4) is 0 Å². The minimum Gasteiger partial charge on any atom is -0.345 e. The fraction of sp³-hybridized carbons (Fsp3) is 0.286. The molecule has 0 unspecified atom stereocenters. The van der Waals surface area contributed by atoms with E-state index in [1.807, 2.05) is 39.0 Å². The molecule has 1 N–H and O–H groups in total. The number of aromatic nitrogens is 3. The van der Waals surface area contributed by atoms with Gasteiger partial charge in [0.05, 0.1) is 28.4 Å². The molecule has 0 aliphatic heterocycles. The van der Waals surface area contributed by atoms with Crippen molar-refractivity contribution in [3.8, 4) is 5.82 Å². The zero-order chi connectivity index (χ0) is 21.2. The zero-order valence-electron chi connectivity index (χ0n) is 16.8. The number of sulfone groups is 1. The van der Waals surface area contributed by atoms with Gasteiger partial charge in [0.1, 0.15) is 0 Å². The lowest BCUT2D eigenvalue weighted by molar-refractivity contribution is 0.0938.